The van der Waals surface area contributed by atoms with Crippen LogP contribution in [-0.4, -0.2) is 60.5 Å². The molecule has 1 fully saturated rings. The molecule has 35 heavy (non-hydrogen) atoms. The molecular weight excluding hydrogens is 462 g/mol. The van der Waals surface area contributed by atoms with Crippen LogP contribution in [0.25, 0.3) is 0 Å². The summed E-state index contributed by atoms with van der Waals surface area (Å²) in [7, 11) is 4.28. The SMILES string of the molecule is CCNC(=O)c1ccccc1Nc1nc(Nc2ccc(N3CC[C@H](N(C)C)C3)cc2C)ncc1Cl. The fourth-order valence-corrected chi connectivity index (χ4v) is 4.33. The molecule has 184 valence electrons. The van der Waals surface area contributed by atoms with E-state index in [0.29, 0.717) is 40.6 Å². The maximum atomic E-state index is 12.4. The Morgan fingerprint density at radius 3 is 2.69 bits per heavy atom. The van der Waals surface area contributed by atoms with Gasteiger partial charge in [-0.3, -0.25) is 4.79 Å². The van der Waals surface area contributed by atoms with Gasteiger partial charge in [-0.15, -0.1) is 0 Å². The molecule has 0 aliphatic carbocycles. The minimum Gasteiger partial charge on any atom is -0.370 e. The molecule has 1 aromatic heterocycles. The number of rotatable bonds is 8. The maximum Gasteiger partial charge on any atom is 0.253 e. The number of aryl methyl sites for hydroxylation is 1. The summed E-state index contributed by atoms with van der Waals surface area (Å²) in [5.41, 5.74) is 4.38. The van der Waals surface area contributed by atoms with E-state index in [9.17, 15) is 4.79 Å². The normalized spacial score (nSPS) is 15.4. The third kappa shape index (κ3) is 5.83. The van der Waals surface area contributed by atoms with Gasteiger partial charge in [0.2, 0.25) is 5.95 Å². The van der Waals surface area contributed by atoms with E-state index in [1.807, 2.05) is 25.1 Å². The van der Waals surface area contributed by atoms with Crippen molar-refractivity contribution in [2.24, 2.45) is 0 Å². The van der Waals surface area contributed by atoms with Crippen molar-refractivity contribution in [2.45, 2.75) is 26.3 Å². The lowest BCUT2D eigenvalue weighted by atomic mass is 10.1. The molecule has 1 amide bonds. The first-order chi connectivity index (χ1) is 16.9. The van der Waals surface area contributed by atoms with Gasteiger partial charge in [-0.2, -0.15) is 4.98 Å². The smallest absolute Gasteiger partial charge is 0.253 e. The number of likely N-dealkylation sites (N-methyl/N-ethyl adjacent to an activating group) is 1. The quantitative estimate of drug-likeness (QED) is 0.415. The highest BCUT2D eigenvalue weighted by atomic mass is 35.5. The number of nitrogens with zero attached hydrogens (tertiary/aromatic N) is 4. The zero-order valence-electron chi connectivity index (χ0n) is 20.6. The van der Waals surface area contributed by atoms with Crippen LogP contribution in [0.3, 0.4) is 0 Å². The van der Waals surface area contributed by atoms with E-state index in [2.05, 4.69) is 74.9 Å². The second-order valence-electron chi connectivity index (χ2n) is 8.90. The van der Waals surface area contributed by atoms with Gasteiger partial charge in [-0.05, 0) is 70.3 Å². The third-order valence-corrected chi connectivity index (χ3v) is 6.50. The molecule has 9 heteroatoms. The number of carbonyl (C=O) groups is 1. The monoisotopic (exact) mass is 493 g/mol. The van der Waals surface area contributed by atoms with Crippen LogP contribution in [-0.2, 0) is 0 Å². The van der Waals surface area contributed by atoms with E-state index in [4.69, 9.17) is 11.6 Å². The molecule has 0 radical (unpaired) electrons. The van der Waals surface area contributed by atoms with E-state index < -0.39 is 0 Å². The number of hydrogen-bond acceptors (Lipinski definition) is 7. The highest BCUT2D eigenvalue weighted by Crippen LogP contribution is 2.30. The number of anilines is 5. The summed E-state index contributed by atoms with van der Waals surface area (Å²) < 4.78 is 0. The van der Waals surface area contributed by atoms with Crippen LogP contribution in [0.4, 0.5) is 28.8 Å². The van der Waals surface area contributed by atoms with E-state index in [-0.39, 0.29) is 5.91 Å². The van der Waals surface area contributed by atoms with Crippen molar-refractivity contribution in [3.8, 4) is 0 Å². The van der Waals surface area contributed by atoms with Crippen LogP contribution in [0.1, 0.15) is 29.3 Å². The molecule has 1 aliphatic rings. The Balaban J connectivity index is 1.51. The van der Waals surface area contributed by atoms with Crippen molar-refractivity contribution in [2.75, 3.05) is 49.3 Å². The average Bonchev–Trinajstić information content (AvgIpc) is 3.34. The number of amides is 1. The number of aromatic nitrogens is 2. The first-order valence-electron chi connectivity index (χ1n) is 11.8. The van der Waals surface area contributed by atoms with Crippen LogP contribution < -0.4 is 20.9 Å². The molecule has 0 bridgehead atoms. The minimum atomic E-state index is -0.162. The Bertz CT molecular complexity index is 1200. The van der Waals surface area contributed by atoms with E-state index in [1.54, 1.807) is 12.3 Å². The van der Waals surface area contributed by atoms with Crippen LogP contribution in [0.15, 0.2) is 48.7 Å². The molecule has 3 aromatic rings. The number of nitrogens with one attached hydrogen (secondary N) is 3. The predicted octanol–water partition coefficient (Wildman–Crippen LogP) is 4.82. The second kappa shape index (κ2) is 10.9. The molecule has 1 saturated heterocycles. The third-order valence-electron chi connectivity index (χ3n) is 6.22. The molecule has 1 atom stereocenters. The van der Waals surface area contributed by atoms with Crippen LogP contribution in [0.2, 0.25) is 5.02 Å². The molecule has 4 rings (SSSR count). The van der Waals surface area contributed by atoms with Gasteiger partial charge in [0, 0.05) is 37.1 Å². The van der Waals surface area contributed by atoms with Gasteiger partial charge in [-0.25, -0.2) is 4.98 Å². The molecule has 0 unspecified atom stereocenters. The zero-order valence-corrected chi connectivity index (χ0v) is 21.4. The summed E-state index contributed by atoms with van der Waals surface area (Å²) in [4.78, 5) is 26.1. The molecular formula is C26H32ClN7O. The molecule has 3 N–H and O–H groups in total. The van der Waals surface area contributed by atoms with Gasteiger partial charge < -0.3 is 25.8 Å². The van der Waals surface area contributed by atoms with E-state index in [0.717, 1.165) is 24.3 Å². The Morgan fingerprint density at radius 2 is 1.97 bits per heavy atom. The molecule has 2 aromatic carbocycles. The van der Waals surface area contributed by atoms with Crippen LogP contribution in [0.5, 0.6) is 0 Å². The second-order valence-corrected chi connectivity index (χ2v) is 9.30. The van der Waals surface area contributed by atoms with Gasteiger partial charge in [0.25, 0.3) is 5.91 Å². The number of para-hydroxylation sites is 1. The molecule has 0 saturated carbocycles. The zero-order chi connectivity index (χ0) is 24.9. The van der Waals surface area contributed by atoms with Crippen molar-refractivity contribution in [3.63, 3.8) is 0 Å². The Hall–Kier alpha value is -3.36. The lowest BCUT2D eigenvalue weighted by Crippen LogP contribution is -2.31. The Morgan fingerprint density at radius 1 is 1.17 bits per heavy atom. The van der Waals surface area contributed by atoms with Crippen molar-refractivity contribution in [1.82, 2.24) is 20.2 Å². The van der Waals surface area contributed by atoms with Crippen molar-refractivity contribution in [3.05, 3.63) is 64.8 Å². The Kier molecular flexibility index (Phi) is 7.73. The van der Waals surface area contributed by atoms with Gasteiger partial charge in [0.05, 0.1) is 17.4 Å². The fourth-order valence-electron chi connectivity index (χ4n) is 4.19. The number of carbonyl (C=O) groups excluding carboxylic acids is 1. The van der Waals surface area contributed by atoms with Crippen LogP contribution in [0, 0.1) is 6.92 Å². The van der Waals surface area contributed by atoms with Gasteiger partial charge in [0.15, 0.2) is 5.82 Å². The highest BCUT2D eigenvalue weighted by molar-refractivity contribution is 6.33. The first kappa shape index (κ1) is 24.8. The standard InChI is InChI=1S/C26H32ClN7O/c1-5-28-25(35)20-8-6-7-9-23(20)30-24-21(27)15-29-26(32-24)31-22-11-10-18(14-17(22)2)34-13-12-19(16-34)33(3)4/h6-11,14-15,19H,5,12-13,16H2,1-4H3,(H,28,35)(H2,29,30,31,32)/t19-/m0/s1. The summed E-state index contributed by atoms with van der Waals surface area (Å²) in [6.07, 6.45) is 2.72. The van der Waals surface area contributed by atoms with Crippen molar-refractivity contribution >= 4 is 46.3 Å². The molecule has 8 nitrogen and oxygen atoms in total. The maximum absolute atomic E-state index is 12.4. The van der Waals surface area contributed by atoms with E-state index >= 15 is 0 Å². The largest absolute Gasteiger partial charge is 0.370 e. The van der Waals surface area contributed by atoms with Crippen molar-refractivity contribution < 1.29 is 4.79 Å². The number of hydrogen-bond donors (Lipinski definition) is 3. The highest BCUT2D eigenvalue weighted by Gasteiger charge is 2.24. The summed E-state index contributed by atoms with van der Waals surface area (Å²) in [5, 5.41) is 9.67. The summed E-state index contributed by atoms with van der Waals surface area (Å²) in [6, 6.07) is 14.2. The molecule has 2 heterocycles. The molecule has 0 spiro atoms. The topological polar surface area (TPSA) is 85.4 Å². The average molecular weight is 494 g/mol. The minimum absolute atomic E-state index is 0.162. The molecule has 1 aliphatic heterocycles. The van der Waals surface area contributed by atoms with E-state index in [1.165, 1.54) is 12.1 Å². The summed E-state index contributed by atoms with van der Waals surface area (Å²) in [6.45, 7) is 6.59. The van der Waals surface area contributed by atoms with Gasteiger partial charge in [0.1, 0.15) is 5.02 Å². The van der Waals surface area contributed by atoms with Crippen LogP contribution >= 0.6 is 11.6 Å². The summed E-state index contributed by atoms with van der Waals surface area (Å²) >= 11 is 6.38. The number of benzene rings is 2. The Labute approximate surface area is 211 Å². The first-order valence-corrected chi connectivity index (χ1v) is 12.2. The van der Waals surface area contributed by atoms with Gasteiger partial charge >= 0.3 is 0 Å². The van der Waals surface area contributed by atoms with Gasteiger partial charge in [-0.1, -0.05) is 23.7 Å². The van der Waals surface area contributed by atoms with Crippen molar-refractivity contribution in [1.29, 1.82) is 0 Å². The number of halogens is 1. The lowest BCUT2D eigenvalue weighted by Gasteiger charge is -2.22. The predicted molar refractivity (Wildman–Crippen MR) is 144 cm³/mol. The fraction of sp³-hybridized carbons (Fsp3) is 0.346. The summed E-state index contributed by atoms with van der Waals surface area (Å²) in [5.74, 6) is 0.670. The lowest BCUT2D eigenvalue weighted by molar-refractivity contribution is 0.0956.